The Kier molecular flexibility index (Phi) is 3.94. The fourth-order valence-electron chi connectivity index (χ4n) is 3.35. The van der Waals surface area contributed by atoms with Crippen molar-refractivity contribution in [1.29, 1.82) is 0 Å². The number of aromatic nitrogens is 2. The van der Waals surface area contributed by atoms with Crippen molar-refractivity contribution in [1.82, 2.24) is 14.9 Å². The quantitative estimate of drug-likeness (QED) is 0.710. The summed E-state index contributed by atoms with van der Waals surface area (Å²) in [5.41, 5.74) is 2.47. The molecule has 1 aromatic carbocycles. The lowest BCUT2D eigenvalue weighted by Crippen LogP contribution is -2.30. The predicted molar refractivity (Wildman–Crippen MR) is 95.6 cm³/mol. The van der Waals surface area contributed by atoms with Crippen LogP contribution < -0.4 is 0 Å². The van der Waals surface area contributed by atoms with Crippen LogP contribution in [0.2, 0.25) is 10.0 Å². The molecule has 24 heavy (non-hydrogen) atoms. The fraction of sp³-hybridized carbons (Fsp3) is 0.222. The maximum Gasteiger partial charge on any atom is 0.270 e. The summed E-state index contributed by atoms with van der Waals surface area (Å²) < 4.78 is 0. The summed E-state index contributed by atoms with van der Waals surface area (Å²) in [5.74, 6) is -0.0160. The molecular weight excluding hydrogens is 345 g/mol. The number of likely N-dealkylation sites (tertiary alicyclic amines) is 1. The van der Waals surface area contributed by atoms with Crippen LogP contribution in [0.5, 0.6) is 0 Å². The van der Waals surface area contributed by atoms with Crippen LogP contribution in [-0.2, 0) is 0 Å². The molecule has 0 saturated carbocycles. The molecule has 2 aromatic heterocycles. The third-order valence-corrected chi connectivity index (χ3v) is 5.34. The molecule has 1 aliphatic rings. The number of carbonyl (C=O) groups is 1. The maximum absolute atomic E-state index is 13.0. The van der Waals surface area contributed by atoms with Crippen LogP contribution in [0, 0.1) is 0 Å². The van der Waals surface area contributed by atoms with Crippen LogP contribution in [0.25, 0.3) is 10.9 Å². The number of halogens is 2. The van der Waals surface area contributed by atoms with Gasteiger partial charge in [0, 0.05) is 29.8 Å². The van der Waals surface area contributed by atoms with Gasteiger partial charge in [-0.1, -0.05) is 23.2 Å². The third-order valence-electron chi connectivity index (χ3n) is 4.53. The van der Waals surface area contributed by atoms with Crippen LogP contribution >= 0.6 is 23.2 Å². The van der Waals surface area contributed by atoms with Crippen LogP contribution in [0.1, 0.15) is 34.9 Å². The Balaban J connectivity index is 1.69. The maximum atomic E-state index is 13.0. The van der Waals surface area contributed by atoms with Crippen molar-refractivity contribution in [3.63, 3.8) is 0 Å². The van der Waals surface area contributed by atoms with Gasteiger partial charge >= 0.3 is 0 Å². The molecule has 1 saturated heterocycles. The molecule has 0 unspecified atom stereocenters. The number of hydrogen-bond acceptors (Lipinski definition) is 2. The molecule has 0 aliphatic carbocycles. The molecule has 6 heteroatoms. The molecule has 1 amide bonds. The van der Waals surface area contributed by atoms with Gasteiger partial charge in [0.2, 0.25) is 0 Å². The minimum atomic E-state index is -0.0160. The zero-order valence-corrected chi connectivity index (χ0v) is 14.3. The molecule has 4 rings (SSSR count). The molecule has 1 aliphatic heterocycles. The van der Waals surface area contributed by atoms with Gasteiger partial charge in [-0.3, -0.25) is 9.78 Å². The highest BCUT2D eigenvalue weighted by molar-refractivity contribution is 6.45. The Bertz CT molecular complexity index is 907. The third kappa shape index (κ3) is 2.56. The Labute approximate surface area is 149 Å². The van der Waals surface area contributed by atoms with Crippen LogP contribution in [0.4, 0.5) is 0 Å². The molecule has 0 bridgehead atoms. The second kappa shape index (κ2) is 6.11. The first-order valence-electron chi connectivity index (χ1n) is 7.83. The normalized spacial score (nSPS) is 17.6. The molecule has 1 N–H and O–H groups in total. The zero-order valence-electron chi connectivity index (χ0n) is 12.8. The molecular formula is C18H15Cl2N3O. The summed E-state index contributed by atoms with van der Waals surface area (Å²) in [4.78, 5) is 22.1. The number of carbonyl (C=O) groups excluding carboxylic acids is 1. The summed E-state index contributed by atoms with van der Waals surface area (Å²) in [6.07, 6.45) is 5.48. The predicted octanol–water partition coefficient (Wildman–Crippen LogP) is 4.85. The number of hydrogen-bond donors (Lipinski definition) is 1. The fourth-order valence-corrected chi connectivity index (χ4v) is 3.74. The van der Waals surface area contributed by atoms with E-state index in [0.29, 0.717) is 15.7 Å². The summed E-state index contributed by atoms with van der Waals surface area (Å²) in [6.45, 7) is 0.746. The van der Waals surface area contributed by atoms with Crippen molar-refractivity contribution >= 4 is 40.0 Å². The number of pyridine rings is 1. The van der Waals surface area contributed by atoms with E-state index in [1.165, 1.54) is 0 Å². The first-order valence-corrected chi connectivity index (χ1v) is 8.58. The smallest absolute Gasteiger partial charge is 0.270 e. The van der Waals surface area contributed by atoms with E-state index in [2.05, 4.69) is 9.97 Å². The van der Waals surface area contributed by atoms with Gasteiger partial charge < -0.3 is 9.88 Å². The van der Waals surface area contributed by atoms with Crippen molar-refractivity contribution in [2.75, 3.05) is 6.54 Å². The van der Waals surface area contributed by atoms with Crippen LogP contribution in [-0.4, -0.2) is 27.3 Å². The molecule has 3 heterocycles. The van der Waals surface area contributed by atoms with E-state index in [9.17, 15) is 4.79 Å². The van der Waals surface area contributed by atoms with Crippen molar-refractivity contribution in [2.24, 2.45) is 0 Å². The molecule has 1 atom stereocenters. The summed E-state index contributed by atoms with van der Waals surface area (Å²) >= 11 is 12.3. The zero-order chi connectivity index (χ0) is 16.7. The van der Waals surface area contributed by atoms with E-state index >= 15 is 0 Å². The van der Waals surface area contributed by atoms with Crippen molar-refractivity contribution in [2.45, 2.75) is 18.9 Å². The highest BCUT2D eigenvalue weighted by atomic mass is 35.5. The first-order chi connectivity index (χ1) is 11.6. The Hall–Kier alpha value is -2.04. The second-order valence-electron chi connectivity index (χ2n) is 5.94. The molecule has 122 valence electrons. The van der Waals surface area contributed by atoms with Gasteiger partial charge in [-0.05, 0) is 48.7 Å². The Morgan fingerprint density at radius 2 is 2.00 bits per heavy atom. The Morgan fingerprint density at radius 3 is 2.79 bits per heavy atom. The number of rotatable bonds is 2. The second-order valence-corrected chi connectivity index (χ2v) is 6.73. The standard InChI is InChI=1S/C18H15Cl2N3O/c19-13-3-4-14-12(17(13)20)10-15(22-14)18(24)23-9-1-2-16(23)11-5-7-21-8-6-11/h3-8,10,16,22H,1-2,9H2/t16-/m1/s1. The van der Waals surface area contributed by atoms with Crippen molar-refractivity contribution in [3.8, 4) is 0 Å². The van der Waals surface area contributed by atoms with E-state index in [-0.39, 0.29) is 11.9 Å². The van der Waals surface area contributed by atoms with Gasteiger partial charge in [0.15, 0.2) is 0 Å². The number of benzene rings is 1. The van der Waals surface area contributed by atoms with E-state index < -0.39 is 0 Å². The average molecular weight is 360 g/mol. The van der Waals surface area contributed by atoms with Gasteiger partial charge in [0.25, 0.3) is 5.91 Å². The van der Waals surface area contributed by atoms with Crippen molar-refractivity contribution < 1.29 is 4.79 Å². The van der Waals surface area contributed by atoms with Gasteiger partial charge in [-0.15, -0.1) is 0 Å². The minimum absolute atomic E-state index is 0.0160. The molecule has 0 radical (unpaired) electrons. The van der Waals surface area contributed by atoms with Gasteiger partial charge in [0.1, 0.15) is 5.69 Å². The highest BCUT2D eigenvalue weighted by Gasteiger charge is 2.31. The summed E-state index contributed by atoms with van der Waals surface area (Å²) in [5, 5.41) is 1.72. The SMILES string of the molecule is O=C(c1cc2c(Cl)c(Cl)ccc2[nH]1)N1CCC[C@@H]1c1ccncc1. The lowest BCUT2D eigenvalue weighted by atomic mass is 10.1. The van der Waals surface area contributed by atoms with Crippen LogP contribution in [0.3, 0.4) is 0 Å². The lowest BCUT2D eigenvalue weighted by Gasteiger charge is -2.24. The van der Waals surface area contributed by atoms with Crippen molar-refractivity contribution in [3.05, 3.63) is 64.0 Å². The number of amides is 1. The largest absolute Gasteiger partial charge is 0.350 e. The number of fused-ring (bicyclic) bond motifs is 1. The van der Waals surface area contributed by atoms with Gasteiger partial charge in [-0.2, -0.15) is 0 Å². The van der Waals surface area contributed by atoms with Gasteiger partial charge in [-0.25, -0.2) is 0 Å². The molecule has 1 fully saturated rings. The number of H-pyrrole nitrogens is 1. The number of nitrogens with zero attached hydrogens (tertiary/aromatic N) is 2. The monoisotopic (exact) mass is 359 g/mol. The van der Waals surface area contributed by atoms with E-state index in [1.807, 2.05) is 23.1 Å². The Morgan fingerprint density at radius 1 is 1.21 bits per heavy atom. The van der Waals surface area contributed by atoms with E-state index in [0.717, 1.165) is 35.9 Å². The molecule has 0 spiro atoms. The first kappa shape index (κ1) is 15.5. The number of aromatic amines is 1. The van der Waals surface area contributed by atoms with E-state index in [4.69, 9.17) is 23.2 Å². The highest BCUT2D eigenvalue weighted by Crippen LogP contribution is 2.35. The average Bonchev–Trinajstić information content (AvgIpc) is 3.25. The summed E-state index contributed by atoms with van der Waals surface area (Å²) in [7, 11) is 0. The molecule has 4 nitrogen and oxygen atoms in total. The lowest BCUT2D eigenvalue weighted by molar-refractivity contribution is 0.0730. The van der Waals surface area contributed by atoms with Crippen LogP contribution in [0.15, 0.2) is 42.7 Å². The number of nitrogens with one attached hydrogen (secondary N) is 1. The van der Waals surface area contributed by atoms with E-state index in [1.54, 1.807) is 24.5 Å². The molecule has 3 aromatic rings. The van der Waals surface area contributed by atoms with Gasteiger partial charge in [0.05, 0.1) is 16.1 Å². The summed E-state index contributed by atoms with van der Waals surface area (Å²) in [6, 6.07) is 9.38. The minimum Gasteiger partial charge on any atom is -0.350 e. The topological polar surface area (TPSA) is 49.0 Å².